The van der Waals surface area contributed by atoms with Crippen LogP contribution in [0.5, 0.6) is 0 Å². The van der Waals surface area contributed by atoms with Crippen LogP contribution in [-0.4, -0.2) is 11.8 Å². The molecular formula is C10H21P. The van der Waals surface area contributed by atoms with E-state index in [9.17, 15) is 0 Å². The normalized spacial score (nSPS) is 34.9. The fourth-order valence-corrected chi connectivity index (χ4v) is 4.40. The van der Waals surface area contributed by atoms with E-state index in [1.807, 2.05) is 0 Å². The topological polar surface area (TPSA) is 0 Å². The molecule has 0 bridgehead atoms. The van der Waals surface area contributed by atoms with E-state index in [4.69, 9.17) is 0 Å². The van der Waals surface area contributed by atoms with Gasteiger partial charge in [-0.2, -0.15) is 0 Å². The lowest BCUT2D eigenvalue weighted by atomic mass is 10.1. The van der Waals surface area contributed by atoms with E-state index in [1.54, 1.807) is 0 Å². The Kier molecular flexibility index (Phi) is 2.97. The molecule has 1 fully saturated rings. The van der Waals surface area contributed by atoms with Crippen LogP contribution in [0.15, 0.2) is 0 Å². The third-order valence-corrected chi connectivity index (χ3v) is 5.48. The van der Waals surface area contributed by atoms with Gasteiger partial charge in [0.05, 0.1) is 0 Å². The summed E-state index contributed by atoms with van der Waals surface area (Å²) in [6, 6.07) is 0. The predicted molar refractivity (Wildman–Crippen MR) is 54.8 cm³/mol. The SMILES string of the molecule is CCCPC1C(CC)C1(C)C. The van der Waals surface area contributed by atoms with Gasteiger partial charge in [0.1, 0.15) is 0 Å². The first-order valence-corrected chi connectivity index (χ1v) is 6.16. The quantitative estimate of drug-likeness (QED) is 0.569. The van der Waals surface area contributed by atoms with Crippen molar-refractivity contribution in [2.24, 2.45) is 11.3 Å². The molecule has 0 spiro atoms. The summed E-state index contributed by atoms with van der Waals surface area (Å²) in [4.78, 5) is 0. The van der Waals surface area contributed by atoms with Gasteiger partial charge in [0, 0.05) is 0 Å². The molecule has 1 saturated carbocycles. The fourth-order valence-electron chi connectivity index (χ4n) is 2.21. The van der Waals surface area contributed by atoms with E-state index < -0.39 is 0 Å². The molecule has 66 valence electrons. The van der Waals surface area contributed by atoms with Gasteiger partial charge in [0.25, 0.3) is 0 Å². The summed E-state index contributed by atoms with van der Waals surface area (Å²) in [5.74, 6) is 1.05. The van der Waals surface area contributed by atoms with Crippen LogP contribution < -0.4 is 0 Å². The highest BCUT2D eigenvalue weighted by Gasteiger charge is 2.55. The van der Waals surface area contributed by atoms with Crippen LogP contribution in [-0.2, 0) is 0 Å². The molecule has 0 aliphatic heterocycles. The molecule has 0 aromatic carbocycles. The van der Waals surface area contributed by atoms with Crippen molar-refractivity contribution < 1.29 is 0 Å². The first-order valence-electron chi connectivity index (χ1n) is 4.88. The van der Waals surface area contributed by atoms with Crippen molar-refractivity contribution in [2.75, 3.05) is 6.16 Å². The summed E-state index contributed by atoms with van der Waals surface area (Å²) in [7, 11) is 1.24. The summed E-state index contributed by atoms with van der Waals surface area (Å²) >= 11 is 0. The minimum atomic E-state index is 0.697. The molecular weight excluding hydrogens is 151 g/mol. The number of hydrogen-bond acceptors (Lipinski definition) is 0. The second-order valence-corrected chi connectivity index (χ2v) is 5.80. The lowest BCUT2D eigenvalue weighted by Crippen LogP contribution is -1.90. The molecule has 3 atom stereocenters. The molecule has 0 aromatic rings. The molecule has 0 N–H and O–H groups in total. The Hall–Kier alpha value is 0.430. The Morgan fingerprint density at radius 2 is 1.91 bits per heavy atom. The maximum atomic E-state index is 2.44. The lowest BCUT2D eigenvalue weighted by molar-refractivity contribution is 0.549. The van der Waals surface area contributed by atoms with Crippen molar-refractivity contribution in [2.45, 2.75) is 46.2 Å². The number of rotatable bonds is 4. The lowest BCUT2D eigenvalue weighted by Gasteiger charge is -2.00. The highest BCUT2D eigenvalue weighted by molar-refractivity contribution is 7.39. The first kappa shape index (κ1) is 9.52. The van der Waals surface area contributed by atoms with E-state index in [0.717, 1.165) is 11.6 Å². The molecule has 0 nitrogen and oxygen atoms in total. The Morgan fingerprint density at radius 3 is 2.27 bits per heavy atom. The molecule has 1 rings (SSSR count). The standard InChI is InChI=1S/C10H21P/c1-5-7-11-9-8(6-2)10(9,3)4/h8-9,11H,5-7H2,1-4H3. The molecule has 3 unspecified atom stereocenters. The molecule has 1 aliphatic rings. The Labute approximate surface area is 72.9 Å². The summed E-state index contributed by atoms with van der Waals surface area (Å²) in [5, 5.41) is 0. The smallest absolute Gasteiger partial charge is 0.0149 e. The third kappa shape index (κ3) is 1.78. The van der Waals surface area contributed by atoms with E-state index in [-0.39, 0.29) is 0 Å². The molecule has 11 heavy (non-hydrogen) atoms. The van der Waals surface area contributed by atoms with Gasteiger partial charge in [-0.25, -0.2) is 0 Å². The average Bonchev–Trinajstić information content (AvgIpc) is 2.48. The second-order valence-electron chi connectivity index (χ2n) is 4.27. The van der Waals surface area contributed by atoms with Gasteiger partial charge in [-0.1, -0.05) is 40.5 Å². The van der Waals surface area contributed by atoms with E-state index in [0.29, 0.717) is 5.41 Å². The van der Waals surface area contributed by atoms with Crippen LogP contribution in [0, 0.1) is 11.3 Å². The highest BCUT2D eigenvalue weighted by Crippen LogP contribution is 2.62. The molecule has 1 heteroatoms. The second kappa shape index (κ2) is 3.44. The van der Waals surface area contributed by atoms with Crippen LogP contribution in [0.3, 0.4) is 0 Å². The molecule has 0 heterocycles. The molecule has 0 aromatic heterocycles. The van der Waals surface area contributed by atoms with Crippen LogP contribution in [0.25, 0.3) is 0 Å². The molecule has 0 radical (unpaired) electrons. The zero-order valence-electron chi connectivity index (χ0n) is 8.28. The maximum Gasteiger partial charge on any atom is -0.0149 e. The van der Waals surface area contributed by atoms with Gasteiger partial charge < -0.3 is 0 Å². The van der Waals surface area contributed by atoms with Crippen LogP contribution in [0.2, 0.25) is 0 Å². The Morgan fingerprint density at radius 1 is 1.27 bits per heavy atom. The summed E-state index contributed by atoms with van der Waals surface area (Å²) in [6.45, 7) is 9.51. The molecule has 1 aliphatic carbocycles. The van der Waals surface area contributed by atoms with Crippen molar-refractivity contribution in [3.05, 3.63) is 0 Å². The monoisotopic (exact) mass is 172 g/mol. The van der Waals surface area contributed by atoms with Gasteiger partial charge in [0.2, 0.25) is 0 Å². The summed E-state index contributed by atoms with van der Waals surface area (Å²) in [6.07, 6.45) is 4.24. The van der Waals surface area contributed by atoms with Gasteiger partial charge in [0.15, 0.2) is 0 Å². The highest BCUT2D eigenvalue weighted by atomic mass is 31.1. The molecule has 0 saturated heterocycles. The van der Waals surface area contributed by atoms with Crippen molar-refractivity contribution in [1.82, 2.24) is 0 Å². The van der Waals surface area contributed by atoms with Crippen molar-refractivity contribution >= 4 is 8.58 Å². The zero-order chi connectivity index (χ0) is 8.48. The molecule has 0 amide bonds. The van der Waals surface area contributed by atoms with E-state index in [2.05, 4.69) is 27.7 Å². The van der Waals surface area contributed by atoms with Gasteiger partial charge >= 0.3 is 0 Å². The fraction of sp³-hybridized carbons (Fsp3) is 1.00. The zero-order valence-corrected chi connectivity index (χ0v) is 9.28. The van der Waals surface area contributed by atoms with Crippen LogP contribution >= 0.6 is 8.58 Å². The van der Waals surface area contributed by atoms with E-state index in [1.165, 1.54) is 27.6 Å². The average molecular weight is 172 g/mol. The largest absolute Gasteiger partial charge is 0.118 e. The predicted octanol–water partition coefficient (Wildman–Crippen LogP) is 3.51. The Bertz CT molecular complexity index is 129. The summed E-state index contributed by atoms with van der Waals surface area (Å²) in [5.41, 5.74) is 1.77. The van der Waals surface area contributed by atoms with Crippen molar-refractivity contribution in [3.8, 4) is 0 Å². The van der Waals surface area contributed by atoms with E-state index >= 15 is 0 Å². The van der Waals surface area contributed by atoms with Gasteiger partial charge in [-0.3, -0.25) is 0 Å². The minimum Gasteiger partial charge on any atom is -0.118 e. The summed E-state index contributed by atoms with van der Waals surface area (Å²) < 4.78 is 0. The Balaban J connectivity index is 2.28. The van der Waals surface area contributed by atoms with Crippen LogP contribution in [0.1, 0.15) is 40.5 Å². The van der Waals surface area contributed by atoms with Gasteiger partial charge in [-0.15, -0.1) is 8.58 Å². The third-order valence-electron chi connectivity index (χ3n) is 3.10. The van der Waals surface area contributed by atoms with Crippen LogP contribution in [0.4, 0.5) is 0 Å². The number of hydrogen-bond donors (Lipinski definition) is 0. The first-order chi connectivity index (χ1) is 5.14. The maximum absolute atomic E-state index is 2.44. The minimum absolute atomic E-state index is 0.697. The van der Waals surface area contributed by atoms with Crippen molar-refractivity contribution in [1.29, 1.82) is 0 Å². The van der Waals surface area contributed by atoms with Crippen molar-refractivity contribution in [3.63, 3.8) is 0 Å². The van der Waals surface area contributed by atoms with Gasteiger partial charge in [-0.05, 0) is 23.2 Å².